The molecule has 1 saturated carbocycles. The van der Waals surface area contributed by atoms with Gasteiger partial charge >= 0.3 is 162 Å². The van der Waals surface area contributed by atoms with Crippen LogP contribution in [0.4, 0.5) is 23.4 Å². The molecule has 0 amide bonds. The molecule has 1 aliphatic carbocycles. The SMILES string of the molecule is CN1C[C@H]2C[C@@]2(Nc2cccc3c([Se]C(F)(F)F)c(I)nn23)[C@@H](F)C1. The Morgan fingerprint density at radius 2 is 2.12 bits per heavy atom. The summed E-state index contributed by atoms with van der Waals surface area (Å²) in [6.07, 6.45) is -0.285. The molecular formula is C15H15F4IN4Se. The van der Waals surface area contributed by atoms with Crippen LogP contribution in [0.2, 0.25) is 0 Å². The Labute approximate surface area is 161 Å². The number of rotatable bonds is 3. The van der Waals surface area contributed by atoms with Crippen LogP contribution in [0.5, 0.6) is 0 Å². The van der Waals surface area contributed by atoms with E-state index in [1.807, 2.05) is 34.5 Å². The van der Waals surface area contributed by atoms with Crippen molar-refractivity contribution < 1.29 is 17.6 Å². The van der Waals surface area contributed by atoms with Gasteiger partial charge in [-0.25, -0.2) is 0 Å². The Morgan fingerprint density at radius 3 is 2.80 bits per heavy atom. The van der Waals surface area contributed by atoms with Crippen LogP contribution in [0.15, 0.2) is 18.2 Å². The molecule has 0 bridgehead atoms. The molecule has 25 heavy (non-hydrogen) atoms. The number of hydrogen-bond donors (Lipinski definition) is 1. The van der Waals surface area contributed by atoms with E-state index in [9.17, 15) is 17.6 Å². The fourth-order valence-corrected chi connectivity index (χ4v) is 6.00. The number of halogens is 5. The summed E-state index contributed by atoms with van der Waals surface area (Å²) in [7, 11) is 1.90. The minimum absolute atomic E-state index is 0.213. The standard InChI is InChI=1S/C15H15F4IN4Se/c1-23-6-8-5-14(8,10(16)7-23)21-11-4-2-3-9-12(25-15(17,18)19)13(20)22-24(9)11/h2-4,8,10,21H,5-7H2,1H3/t8-,10+,14+/m1/s1. The second-order valence-corrected chi connectivity index (χ2v) is 9.91. The van der Waals surface area contributed by atoms with E-state index in [1.54, 1.807) is 18.2 Å². The van der Waals surface area contributed by atoms with Gasteiger partial charge in [0.05, 0.1) is 0 Å². The number of hydrogen-bond acceptors (Lipinski definition) is 3. The first kappa shape index (κ1) is 17.8. The van der Waals surface area contributed by atoms with Crippen molar-refractivity contribution in [2.24, 2.45) is 5.92 Å². The van der Waals surface area contributed by atoms with Crippen LogP contribution in [0.3, 0.4) is 0 Å². The van der Waals surface area contributed by atoms with E-state index in [0.29, 0.717) is 21.6 Å². The van der Waals surface area contributed by atoms with Gasteiger partial charge in [0.25, 0.3) is 0 Å². The number of aromatic nitrogens is 2. The van der Waals surface area contributed by atoms with Crippen LogP contribution in [-0.4, -0.2) is 66.4 Å². The first-order valence-corrected chi connectivity index (χ1v) is 10.5. The molecule has 1 N–H and O–H groups in total. The normalized spacial score (nSPS) is 29.7. The summed E-state index contributed by atoms with van der Waals surface area (Å²) in [5.41, 5.74) is -0.184. The van der Waals surface area contributed by atoms with Crippen LogP contribution < -0.4 is 9.78 Å². The molecule has 2 fully saturated rings. The number of nitrogens with zero attached hydrogens (tertiary/aromatic N) is 3. The van der Waals surface area contributed by atoms with Gasteiger partial charge in [-0.2, -0.15) is 0 Å². The Kier molecular flexibility index (Phi) is 4.25. The van der Waals surface area contributed by atoms with E-state index >= 15 is 0 Å². The minimum atomic E-state index is -4.24. The van der Waals surface area contributed by atoms with Gasteiger partial charge in [-0.05, 0) is 0 Å². The van der Waals surface area contributed by atoms with Crippen LogP contribution in [0, 0.1) is 9.62 Å². The molecule has 3 atom stereocenters. The van der Waals surface area contributed by atoms with Crippen LogP contribution >= 0.6 is 22.6 Å². The van der Waals surface area contributed by atoms with E-state index in [2.05, 4.69) is 10.4 Å². The van der Waals surface area contributed by atoms with Crippen molar-refractivity contribution in [3.8, 4) is 0 Å². The molecule has 2 aliphatic rings. The molecule has 0 radical (unpaired) electrons. The summed E-state index contributed by atoms with van der Waals surface area (Å²) in [6, 6.07) is 5.07. The van der Waals surface area contributed by atoms with Gasteiger partial charge in [-0.15, -0.1) is 0 Å². The van der Waals surface area contributed by atoms with Crippen molar-refractivity contribution in [3.05, 3.63) is 21.9 Å². The average molecular weight is 533 g/mol. The molecule has 1 saturated heterocycles. The number of anilines is 1. The fraction of sp³-hybridized carbons (Fsp3) is 0.533. The van der Waals surface area contributed by atoms with Crippen molar-refractivity contribution >= 4 is 53.3 Å². The Hall–Kier alpha value is -0.581. The maximum atomic E-state index is 14.6. The van der Waals surface area contributed by atoms with Crippen molar-refractivity contribution in [2.45, 2.75) is 23.2 Å². The molecule has 2 aromatic rings. The van der Waals surface area contributed by atoms with Gasteiger partial charge in [-0.3, -0.25) is 0 Å². The van der Waals surface area contributed by atoms with Crippen molar-refractivity contribution in [1.29, 1.82) is 0 Å². The molecule has 2 aromatic heterocycles. The average Bonchev–Trinajstić information content (AvgIpc) is 3.11. The van der Waals surface area contributed by atoms with Gasteiger partial charge in [0, 0.05) is 0 Å². The summed E-state index contributed by atoms with van der Waals surface area (Å²) in [5.74, 6) is 0.763. The molecule has 3 heterocycles. The maximum absolute atomic E-state index is 14.6. The number of alkyl halides is 4. The molecular weight excluding hydrogens is 518 g/mol. The van der Waals surface area contributed by atoms with Crippen molar-refractivity contribution in [1.82, 2.24) is 14.5 Å². The number of pyridine rings is 1. The second-order valence-electron chi connectivity index (χ2n) is 6.63. The van der Waals surface area contributed by atoms with E-state index in [1.165, 1.54) is 4.52 Å². The predicted octanol–water partition coefficient (Wildman–Crippen LogP) is 2.24. The summed E-state index contributed by atoms with van der Waals surface area (Å²) in [5, 5.41) is 3.31. The number of likely N-dealkylation sites (tertiary alicyclic amines) is 1. The fourth-order valence-electron chi connectivity index (χ4n) is 3.64. The summed E-state index contributed by atoms with van der Waals surface area (Å²) < 4.78 is 55.3. The third-order valence-electron chi connectivity index (χ3n) is 4.87. The first-order valence-electron chi connectivity index (χ1n) is 7.73. The predicted molar refractivity (Wildman–Crippen MR) is 96.2 cm³/mol. The zero-order chi connectivity index (χ0) is 18.0. The Balaban J connectivity index is 1.69. The van der Waals surface area contributed by atoms with Crippen LogP contribution in [0.1, 0.15) is 6.42 Å². The van der Waals surface area contributed by atoms with E-state index in [-0.39, 0.29) is 10.4 Å². The summed E-state index contributed by atoms with van der Waals surface area (Å²) in [6.45, 7) is 1.18. The first-order chi connectivity index (χ1) is 11.7. The molecule has 4 nitrogen and oxygen atoms in total. The number of fused-ring (bicyclic) bond motifs is 2. The van der Waals surface area contributed by atoms with Gasteiger partial charge in [0.15, 0.2) is 0 Å². The molecule has 4 rings (SSSR count). The van der Waals surface area contributed by atoms with Gasteiger partial charge in [-0.1, -0.05) is 0 Å². The van der Waals surface area contributed by atoms with Crippen LogP contribution in [-0.2, 0) is 0 Å². The molecule has 136 valence electrons. The van der Waals surface area contributed by atoms with Crippen molar-refractivity contribution in [3.63, 3.8) is 0 Å². The molecule has 1 aliphatic heterocycles. The van der Waals surface area contributed by atoms with E-state index in [4.69, 9.17) is 0 Å². The monoisotopic (exact) mass is 534 g/mol. The molecule has 0 spiro atoms. The second kappa shape index (κ2) is 5.97. The summed E-state index contributed by atoms with van der Waals surface area (Å²) in [4.78, 5) is 1.98. The molecule has 0 unspecified atom stereocenters. The van der Waals surface area contributed by atoms with Gasteiger partial charge in [0.2, 0.25) is 0 Å². The van der Waals surface area contributed by atoms with E-state index < -0.39 is 31.7 Å². The summed E-state index contributed by atoms with van der Waals surface area (Å²) >= 11 is 0.171. The van der Waals surface area contributed by atoms with Crippen LogP contribution in [0.25, 0.3) is 5.52 Å². The number of piperidine rings is 1. The molecule has 0 aromatic carbocycles. The third kappa shape index (κ3) is 3.15. The Bertz CT molecular complexity index is 826. The number of nitrogens with one attached hydrogen (secondary N) is 1. The Morgan fingerprint density at radius 1 is 1.36 bits per heavy atom. The zero-order valence-electron chi connectivity index (χ0n) is 13.1. The van der Waals surface area contributed by atoms with Gasteiger partial charge in [0.1, 0.15) is 0 Å². The van der Waals surface area contributed by atoms with Gasteiger partial charge < -0.3 is 0 Å². The quantitative estimate of drug-likeness (QED) is 0.374. The molecule has 10 heteroatoms. The topological polar surface area (TPSA) is 32.6 Å². The zero-order valence-corrected chi connectivity index (χ0v) is 17.0. The van der Waals surface area contributed by atoms with E-state index in [0.717, 1.165) is 13.0 Å². The third-order valence-corrected chi connectivity index (χ3v) is 8.20. The van der Waals surface area contributed by atoms with Crippen molar-refractivity contribution in [2.75, 3.05) is 25.5 Å².